The maximum Gasteiger partial charge on any atom is 0.420 e. The zero-order valence-electron chi connectivity index (χ0n) is 15.2. The van der Waals surface area contributed by atoms with Crippen LogP contribution in [-0.2, 0) is 12.7 Å². The normalized spacial score (nSPS) is 12.0. The van der Waals surface area contributed by atoms with Gasteiger partial charge in [0.1, 0.15) is 11.3 Å². The fourth-order valence-electron chi connectivity index (χ4n) is 2.87. The third kappa shape index (κ3) is 4.53. The van der Waals surface area contributed by atoms with Gasteiger partial charge >= 0.3 is 12.8 Å². The molecule has 0 saturated carbocycles. The van der Waals surface area contributed by atoms with E-state index in [0.717, 1.165) is 6.07 Å². The molecular formula is C18H11ClF5N5O2. The van der Waals surface area contributed by atoms with Gasteiger partial charge in [0, 0.05) is 22.6 Å². The molecule has 0 atom stereocenters. The number of halogens is 6. The van der Waals surface area contributed by atoms with Crippen molar-refractivity contribution >= 4 is 28.3 Å². The third-order valence-corrected chi connectivity index (χ3v) is 4.59. The van der Waals surface area contributed by atoms with Crippen LogP contribution >= 0.6 is 11.6 Å². The molecule has 7 nitrogen and oxygen atoms in total. The molecule has 4 rings (SSSR count). The Balaban J connectivity index is 1.58. The average Bonchev–Trinajstić information content (AvgIpc) is 3.35. The molecule has 13 heteroatoms. The standard InChI is InChI=1S/C18H11ClF5N5O2/c19-12-3-8-4-15(16-26-28-29-27-16)30-14(8)5-9(12)7-25-10-1-2-13(31-17(20)21)11(6-10)18(22,23)24/h1-6,17,25H,7H2,(H,26,27,28,29). The fourth-order valence-corrected chi connectivity index (χ4v) is 3.11. The summed E-state index contributed by atoms with van der Waals surface area (Å²) in [6, 6.07) is 7.62. The van der Waals surface area contributed by atoms with Crippen LogP contribution in [0.15, 0.2) is 40.8 Å². The molecule has 4 aromatic rings. The Kier molecular flexibility index (Phi) is 5.39. The largest absolute Gasteiger partial charge is 0.453 e. The third-order valence-electron chi connectivity index (χ3n) is 4.24. The molecule has 31 heavy (non-hydrogen) atoms. The SMILES string of the molecule is FC(F)Oc1ccc(NCc2cc3oc(-c4nn[nH]n4)cc3cc2Cl)cc1C(F)(F)F. The lowest BCUT2D eigenvalue weighted by atomic mass is 10.1. The highest BCUT2D eigenvalue weighted by molar-refractivity contribution is 6.32. The molecule has 0 radical (unpaired) electrons. The maximum absolute atomic E-state index is 13.2. The van der Waals surface area contributed by atoms with Crippen molar-refractivity contribution in [3.63, 3.8) is 0 Å². The predicted octanol–water partition coefficient (Wildman–Crippen LogP) is 5.50. The highest BCUT2D eigenvalue weighted by Crippen LogP contribution is 2.39. The highest BCUT2D eigenvalue weighted by Gasteiger charge is 2.35. The molecule has 0 unspecified atom stereocenters. The van der Waals surface area contributed by atoms with Gasteiger partial charge in [0.05, 0.1) is 5.56 Å². The summed E-state index contributed by atoms with van der Waals surface area (Å²) < 4.78 is 74.0. The predicted molar refractivity (Wildman–Crippen MR) is 99.8 cm³/mol. The number of aromatic nitrogens is 4. The van der Waals surface area contributed by atoms with Crippen molar-refractivity contribution in [2.45, 2.75) is 19.3 Å². The van der Waals surface area contributed by atoms with E-state index in [0.29, 0.717) is 33.4 Å². The fraction of sp³-hybridized carbons (Fsp3) is 0.167. The Morgan fingerprint density at radius 3 is 2.65 bits per heavy atom. The van der Waals surface area contributed by atoms with Crippen LogP contribution in [0.4, 0.5) is 27.6 Å². The first kappa shape index (κ1) is 20.8. The number of fused-ring (bicyclic) bond motifs is 1. The van der Waals surface area contributed by atoms with E-state index < -0.39 is 24.1 Å². The minimum Gasteiger partial charge on any atom is -0.453 e. The van der Waals surface area contributed by atoms with Gasteiger partial charge in [-0.3, -0.25) is 0 Å². The van der Waals surface area contributed by atoms with E-state index in [1.807, 2.05) is 0 Å². The molecule has 0 aliphatic rings. The van der Waals surface area contributed by atoms with Crippen molar-refractivity contribution in [1.29, 1.82) is 0 Å². The monoisotopic (exact) mass is 459 g/mol. The minimum absolute atomic E-state index is 0.0389. The van der Waals surface area contributed by atoms with E-state index >= 15 is 0 Å². The molecule has 0 amide bonds. The Labute approximate surface area is 175 Å². The summed E-state index contributed by atoms with van der Waals surface area (Å²) in [5.74, 6) is -0.357. The van der Waals surface area contributed by atoms with Crippen LogP contribution in [0.1, 0.15) is 11.1 Å². The number of H-pyrrole nitrogens is 1. The van der Waals surface area contributed by atoms with Crippen LogP contribution in [-0.4, -0.2) is 27.2 Å². The van der Waals surface area contributed by atoms with Gasteiger partial charge < -0.3 is 14.5 Å². The van der Waals surface area contributed by atoms with Crippen molar-refractivity contribution in [1.82, 2.24) is 20.6 Å². The molecule has 0 spiro atoms. The van der Waals surface area contributed by atoms with Gasteiger partial charge in [0.15, 0.2) is 5.76 Å². The zero-order chi connectivity index (χ0) is 22.2. The molecule has 2 heterocycles. The van der Waals surface area contributed by atoms with Crippen LogP contribution in [0.3, 0.4) is 0 Å². The number of hydrogen-bond acceptors (Lipinski definition) is 6. The number of alkyl halides is 5. The molecule has 0 saturated heterocycles. The van der Waals surface area contributed by atoms with Crippen molar-refractivity contribution in [3.8, 4) is 17.3 Å². The molecule has 0 bridgehead atoms. The quantitative estimate of drug-likeness (QED) is 0.370. The molecule has 2 aromatic heterocycles. The van der Waals surface area contributed by atoms with Crippen LogP contribution in [0.2, 0.25) is 5.02 Å². The second-order valence-electron chi connectivity index (χ2n) is 6.27. The van der Waals surface area contributed by atoms with E-state index in [9.17, 15) is 22.0 Å². The molecule has 162 valence electrons. The minimum atomic E-state index is -4.88. The van der Waals surface area contributed by atoms with Gasteiger partial charge in [-0.2, -0.15) is 27.2 Å². The Morgan fingerprint density at radius 2 is 1.97 bits per heavy atom. The topological polar surface area (TPSA) is 88.9 Å². The van der Waals surface area contributed by atoms with E-state index in [-0.39, 0.29) is 18.1 Å². The Bertz CT molecular complexity index is 1210. The summed E-state index contributed by atoms with van der Waals surface area (Å²) in [6.45, 7) is -3.34. The zero-order valence-corrected chi connectivity index (χ0v) is 15.9. The average molecular weight is 460 g/mol. The van der Waals surface area contributed by atoms with Crippen molar-refractivity contribution < 1.29 is 31.1 Å². The number of furan rings is 1. The molecule has 0 aliphatic carbocycles. The van der Waals surface area contributed by atoms with Gasteiger partial charge in [-0.1, -0.05) is 11.6 Å². The smallest absolute Gasteiger partial charge is 0.420 e. The molecule has 0 fully saturated rings. The lowest BCUT2D eigenvalue weighted by molar-refractivity contribution is -0.141. The number of benzene rings is 2. The van der Waals surface area contributed by atoms with E-state index in [1.54, 1.807) is 18.2 Å². The first-order valence-corrected chi connectivity index (χ1v) is 8.94. The number of tetrazole rings is 1. The van der Waals surface area contributed by atoms with Gasteiger partial charge in [0.2, 0.25) is 5.82 Å². The van der Waals surface area contributed by atoms with Gasteiger partial charge in [0.25, 0.3) is 0 Å². The lowest BCUT2D eigenvalue weighted by Gasteiger charge is -2.16. The van der Waals surface area contributed by atoms with Crippen molar-refractivity contribution in [2.75, 3.05) is 5.32 Å². The van der Waals surface area contributed by atoms with Crippen LogP contribution in [0, 0.1) is 0 Å². The molecule has 2 aromatic carbocycles. The lowest BCUT2D eigenvalue weighted by Crippen LogP contribution is -2.12. The van der Waals surface area contributed by atoms with Crippen molar-refractivity contribution in [2.24, 2.45) is 0 Å². The number of ether oxygens (including phenoxy) is 1. The van der Waals surface area contributed by atoms with Crippen LogP contribution < -0.4 is 10.1 Å². The Hall–Kier alpha value is -3.41. The van der Waals surface area contributed by atoms with E-state index in [4.69, 9.17) is 16.0 Å². The number of nitrogens with one attached hydrogen (secondary N) is 2. The molecular weight excluding hydrogens is 449 g/mol. The Morgan fingerprint density at radius 1 is 1.16 bits per heavy atom. The second kappa shape index (κ2) is 8.02. The summed E-state index contributed by atoms with van der Waals surface area (Å²) >= 11 is 6.28. The number of rotatable bonds is 6. The van der Waals surface area contributed by atoms with E-state index in [1.165, 1.54) is 6.07 Å². The van der Waals surface area contributed by atoms with Crippen molar-refractivity contribution in [3.05, 3.63) is 52.5 Å². The number of hydrogen-bond donors (Lipinski definition) is 2. The van der Waals surface area contributed by atoms with Gasteiger partial charge in [-0.15, -0.1) is 10.2 Å². The van der Waals surface area contributed by atoms with E-state index in [2.05, 4.69) is 30.7 Å². The number of anilines is 1. The maximum atomic E-state index is 13.2. The molecule has 0 aliphatic heterocycles. The summed E-state index contributed by atoms with van der Waals surface area (Å²) in [5.41, 5.74) is -0.297. The summed E-state index contributed by atoms with van der Waals surface area (Å²) in [5, 5.41) is 17.2. The first-order chi connectivity index (χ1) is 14.7. The summed E-state index contributed by atoms with van der Waals surface area (Å²) in [4.78, 5) is 0. The number of nitrogens with zero attached hydrogens (tertiary/aromatic N) is 3. The summed E-state index contributed by atoms with van der Waals surface area (Å²) in [6.07, 6.45) is -4.88. The first-order valence-electron chi connectivity index (χ1n) is 8.56. The molecule has 2 N–H and O–H groups in total. The highest BCUT2D eigenvalue weighted by atomic mass is 35.5. The van der Waals surface area contributed by atoms with Gasteiger partial charge in [-0.25, -0.2) is 0 Å². The summed E-state index contributed by atoms with van der Waals surface area (Å²) in [7, 11) is 0. The van der Waals surface area contributed by atoms with Crippen LogP contribution in [0.5, 0.6) is 5.75 Å². The van der Waals surface area contributed by atoms with Gasteiger partial charge in [-0.05, 0) is 47.2 Å². The second-order valence-corrected chi connectivity index (χ2v) is 6.68. The van der Waals surface area contributed by atoms with Crippen LogP contribution in [0.25, 0.3) is 22.6 Å². The number of aromatic amines is 1.